The van der Waals surface area contributed by atoms with Crippen molar-refractivity contribution in [1.82, 2.24) is 9.97 Å². The monoisotopic (exact) mass is 430 g/mol. The number of H-pyrrole nitrogens is 1. The van der Waals surface area contributed by atoms with Crippen LogP contribution in [0.25, 0.3) is 11.3 Å². The number of carbonyl (C=O) groups excluding carboxylic acids is 1. The number of amides is 1. The van der Waals surface area contributed by atoms with Crippen molar-refractivity contribution in [3.8, 4) is 11.3 Å². The average molecular weight is 431 g/mol. The van der Waals surface area contributed by atoms with Gasteiger partial charge in [-0.25, -0.2) is 4.98 Å². The molecule has 0 radical (unpaired) electrons. The number of benzene rings is 2. The molecule has 0 bridgehead atoms. The first-order valence-electron chi connectivity index (χ1n) is 11.2. The molecule has 1 heterocycles. The molecule has 4 rings (SSSR count). The van der Waals surface area contributed by atoms with Crippen LogP contribution in [0.5, 0.6) is 0 Å². The zero-order valence-corrected chi connectivity index (χ0v) is 18.2. The lowest BCUT2D eigenvalue weighted by Crippen LogP contribution is -2.47. The van der Waals surface area contributed by atoms with E-state index in [4.69, 9.17) is 16.5 Å². The second-order valence-electron chi connectivity index (χ2n) is 8.82. The number of hydrogen-bond acceptors (Lipinski definition) is 4. The van der Waals surface area contributed by atoms with E-state index in [-0.39, 0.29) is 17.4 Å². The minimum atomic E-state index is -0.785. The van der Waals surface area contributed by atoms with Crippen molar-refractivity contribution < 1.29 is 4.79 Å². The molecule has 1 atom stereocenters. The van der Waals surface area contributed by atoms with Crippen LogP contribution in [0.1, 0.15) is 43.0 Å². The van der Waals surface area contributed by atoms with Crippen LogP contribution < -0.4 is 17.0 Å². The third-order valence-corrected chi connectivity index (χ3v) is 6.93. The smallest absolute Gasteiger partial charge is 0.251 e. The summed E-state index contributed by atoms with van der Waals surface area (Å²) in [6.07, 6.45) is 3.53. The number of aromatic amines is 1. The molecule has 0 spiro atoms. The lowest BCUT2D eigenvalue weighted by molar-refractivity contribution is -0.132. The van der Waals surface area contributed by atoms with Crippen molar-refractivity contribution in [2.75, 3.05) is 6.54 Å². The summed E-state index contributed by atoms with van der Waals surface area (Å²) in [6.45, 7) is 0.608. The van der Waals surface area contributed by atoms with Crippen LogP contribution in [0.4, 0.5) is 0 Å². The molecular formula is C26H30N4O2. The van der Waals surface area contributed by atoms with Crippen LogP contribution >= 0.6 is 0 Å². The van der Waals surface area contributed by atoms with E-state index in [9.17, 15) is 9.59 Å². The van der Waals surface area contributed by atoms with Crippen LogP contribution in [-0.2, 0) is 11.2 Å². The van der Waals surface area contributed by atoms with Crippen molar-refractivity contribution in [3.63, 3.8) is 0 Å². The van der Waals surface area contributed by atoms with Gasteiger partial charge in [0.2, 0.25) is 5.91 Å². The maximum Gasteiger partial charge on any atom is 0.251 e. The SMILES string of the molecule is NCC1CCC(C(N)=O)([C@H](Cc2ccccc2)c2nc(-c3ccccc3)cc(=O)[nH]2)CC1. The van der Waals surface area contributed by atoms with E-state index in [1.54, 1.807) is 0 Å². The summed E-state index contributed by atoms with van der Waals surface area (Å²) in [6, 6.07) is 21.1. The summed E-state index contributed by atoms with van der Waals surface area (Å²) >= 11 is 0. The first kappa shape index (κ1) is 22.0. The van der Waals surface area contributed by atoms with E-state index in [0.29, 0.717) is 43.2 Å². The van der Waals surface area contributed by atoms with Gasteiger partial charge in [-0.05, 0) is 50.1 Å². The van der Waals surface area contributed by atoms with Gasteiger partial charge in [-0.2, -0.15) is 0 Å². The molecule has 1 saturated carbocycles. The molecule has 1 amide bonds. The largest absolute Gasteiger partial charge is 0.369 e. The first-order chi connectivity index (χ1) is 15.5. The maximum absolute atomic E-state index is 13.0. The fourth-order valence-electron chi connectivity index (χ4n) is 5.00. The molecule has 0 saturated heterocycles. The van der Waals surface area contributed by atoms with Gasteiger partial charge in [0.1, 0.15) is 5.82 Å². The third-order valence-electron chi connectivity index (χ3n) is 6.93. The lowest BCUT2D eigenvalue weighted by atomic mass is 9.61. The van der Waals surface area contributed by atoms with Crippen LogP contribution in [0.3, 0.4) is 0 Å². The highest BCUT2D eigenvalue weighted by atomic mass is 16.1. The van der Waals surface area contributed by atoms with Gasteiger partial charge in [0.05, 0.1) is 11.1 Å². The van der Waals surface area contributed by atoms with Crippen LogP contribution in [0, 0.1) is 11.3 Å². The number of nitrogens with two attached hydrogens (primary N) is 2. The van der Waals surface area contributed by atoms with Crippen molar-refractivity contribution in [1.29, 1.82) is 0 Å². The van der Waals surface area contributed by atoms with Crippen molar-refractivity contribution in [2.45, 2.75) is 38.0 Å². The molecule has 1 aliphatic carbocycles. The standard InChI is InChI=1S/C26H30N4O2/c27-17-19-11-13-26(14-12-19,25(28)32)21(15-18-7-3-1-4-8-18)24-29-22(16-23(31)30-24)20-9-5-2-6-10-20/h1-10,16,19,21H,11-15,17,27H2,(H2,28,32)(H,29,30,31)/t19?,21-,26?/m1/s1. The van der Waals surface area contributed by atoms with Gasteiger partial charge < -0.3 is 16.5 Å². The van der Waals surface area contributed by atoms with Gasteiger partial charge in [-0.1, -0.05) is 60.7 Å². The van der Waals surface area contributed by atoms with E-state index in [0.717, 1.165) is 24.0 Å². The Kier molecular flexibility index (Phi) is 6.51. The summed E-state index contributed by atoms with van der Waals surface area (Å²) in [5.41, 5.74) is 13.5. The molecule has 0 unspecified atom stereocenters. The molecule has 166 valence electrons. The Morgan fingerprint density at radius 2 is 1.69 bits per heavy atom. The third kappa shape index (κ3) is 4.50. The fraction of sp³-hybridized carbons (Fsp3) is 0.346. The normalized spacial score (nSPS) is 21.7. The maximum atomic E-state index is 13.0. The van der Waals surface area contributed by atoms with Crippen LogP contribution in [0.2, 0.25) is 0 Å². The highest BCUT2D eigenvalue weighted by Crippen LogP contribution is 2.49. The molecule has 6 heteroatoms. The second-order valence-corrected chi connectivity index (χ2v) is 8.82. The minimum Gasteiger partial charge on any atom is -0.369 e. The topological polar surface area (TPSA) is 115 Å². The van der Waals surface area contributed by atoms with Crippen molar-refractivity contribution in [2.24, 2.45) is 22.8 Å². The number of aromatic nitrogens is 2. The Morgan fingerprint density at radius 1 is 1.06 bits per heavy atom. The number of primary amides is 1. The summed E-state index contributed by atoms with van der Waals surface area (Å²) in [7, 11) is 0. The van der Waals surface area contributed by atoms with Crippen molar-refractivity contribution in [3.05, 3.63) is 88.5 Å². The van der Waals surface area contributed by atoms with E-state index in [1.807, 2.05) is 60.7 Å². The average Bonchev–Trinajstić information content (AvgIpc) is 2.83. The summed E-state index contributed by atoms with van der Waals surface area (Å²) in [5.74, 6) is 0.242. The Morgan fingerprint density at radius 3 is 2.28 bits per heavy atom. The number of carbonyl (C=O) groups is 1. The molecule has 5 N–H and O–H groups in total. The Bertz CT molecular complexity index is 1100. The number of rotatable bonds is 7. The highest BCUT2D eigenvalue weighted by molar-refractivity contribution is 5.82. The van der Waals surface area contributed by atoms with Gasteiger partial charge in [-0.3, -0.25) is 9.59 Å². The van der Waals surface area contributed by atoms with E-state index >= 15 is 0 Å². The summed E-state index contributed by atoms with van der Waals surface area (Å²) in [5, 5.41) is 0. The molecule has 3 aromatic rings. The zero-order chi connectivity index (χ0) is 22.6. The summed E-state index contributed by atoms with van der Waals surface area (Å²) < 4.78 is 0. The van der Waals surface area contributed by atoms with Gasteiger partial charge in [-0.15, -0.1) is 0 Å². The molecule has 2 aromatic carbocycles. The highest BCUT2D eigenvalue weighted by Gasteiger charge is 2.48. The van der Waals surface area contributed by atoms with Gasteiger partial charge in [0.15, 0.2) is 0 Å². The second kappa shape index (κ2) is 9.49. The minimum absolute atomic E-state index is 0.234. The number of nitrogens with one attached hydrogen (secondary N) is 1. The predicted octanol–water partition coefficient (Wildman–Crippen LogP) is 3.38. The van der Waals surface area contributed by atoms with E-state index in [2.05, 4.69) is 4.98 Å². The summed E-state index contributed by atoms with van der Waals surface area (Å²) in [4.78, 5) is 33.5. The lowest BCUT2D eigenvalue weighted by Gasteiger charge is -2.43. The quantitative estimate of drug-likeness (QED) is 0.533. The molecule has 6 nitrogen and oxygen atoms in total. The Hall–Kier alpha value is -3.25. The van der Waals surface area contributed by atoms with Gasteiger partial charge >= 0.3 is 0 Å². The molecule has 0 aliphatic heterocycles. The van der Waals surface area contributed by atoms with Gasteiger partial charge in [0, 0.05) is 17.5 Å². The molecule has 1 aliphatic rings. The Balaban J connectivity index is 1.82. The number of hydrogen-bond donors (Lipinski definition) is 3. The zero-order valence-electron chi connectivity index (χ0n) is 18.2. The van der Waals surface area contributed by atoms with Crippen LogP contribution in [0.15, 0.2) is 71.5 Å². The van der Waals surface area contributed by atoms with Crippen molar-refractivity contribution >= 4 is 5.91 Å². The van der Waals surface area contributed by atoms with Gasteiger partial charge in [0.25, 0.3) is 5.56 Å². The van der Waals surface area contributed by atoms with E-state index < -0.39 is 5.41 Å². The fourth-order valence-corrected chi connectivity index (χ4v) is 5.00. The predicted molar refractivity (Wildman–Crippen MR) is 126 cm³/mol. The molecular weight excluding hydrogens is 400 g/mol. The Labute approximate surface area is 188 Å². The molecule has 32 heavy (non-hydrogen) atoms. The molecule has 1 aromatic heterocycles. The first-order valence-corrected chi connectivity index (χ1v) is 11.2. The number of nitrogens with zero attached hydrogens (tertiary/aromatic N) is 1. The molecule has 1 fully saturated rings. The van der Waals surface area contributed by atoms with E-state index in [1.165, 1.54) is 6.07 Å². The van der Waals surface area contributed by atoms with Crippen LogP contribution in [-0.4, -0.2) is 22.4 Å².